The van der Waals surface area contributed by atoms with Gasteiger partial charge in [0, 0.05) is 28.3 Å². The Balaban J connectivity index is 1.76. The zero-order valence-electron chi connectivity index (χ0n) is 11.3. The van der Waals surface area contributed by atoms with Gasteiger partial charge in [0.25, 0.3) is 0 Å². The summed E-state index contributed by atoms with van der Waals surface area (Å²) in [6, 6.07) is 12.6. The van der Waals surface area contributed by atoms with Crippen molar-refractivity contribution in [2.45, 2.75) is 18.6 Å². The average Bonchev–Trinajstić information content (AvgIpc) is 2.92. The number of ether oxygens (including phenoxy) is 1. The number of rotatable bonds is 1. The van der Waals surface area contributed by atoms with Gasteiger partial charge in [0.1, 0.15) is 17.7 Å². The quantitative estimate of drug-likeness (QED) is 0.714. The molecular formula is C17H14FNOS. The van der Waals surface area contributed by atoms with Crippen molar-refractivity contribution in [1.82, 2.24) is 0 Å². The molecule has 2 aromatic carbocycles. The topological polar surface area (TPSA) is 35.2 Å². The van der Waals surface area contributed by atoms with Crippen LogP contribution in [0.5, 0.6) is 5.75 Å². The van der Waals surface area contributed by atoms with Crippen LogP contribution in [0.4, 0.5) is 4.39 Å². The Morgan fingerprint density at radius 2 is 2.00 bits per heavy atom. The number of nitrogens with two attached hydrogens (primary N) is 1. The smallest absolute Gasteiger partial charge is 0.127 e. The summed E-state index contributed by atoms with van der Waals surface area (Å²) < 4.78 is 20.7. The Kier molecular flexibility index (Phi) is 2.94. The van der Waals surface area contributed by atoms with Gasteiger partial charge < -0.3 is 10.5 Å². The van der Waals surface area contributed by atoms with Crippen LogP contribution in [-0.4, -0.2) is 0 Å². The first-order valence-corrected chi connectivity index (χ1v) is 7.78. The Hall–Kier alpha value is -1.91. The van der Waals surface area contributed by atoms with Gasteiger partial charge in [0.15, 0.2) is 0 Å². The first kappa shape index (κ1) is 12.8. The molecule has 1 aliphatic rings. The minimum atomic E-state index is -0.271. The molecule has 0 radical (unpaired) electrons. The number of benzene rings is 2. The van der Waals surface area contributed by atoms with Crippen molar-refractivity contribution in [3.8, 4) is 5.75 Å². The molecule has 4 heteroatoms. The number of hydrogen-bond donors (Lipinski definition) is 1. The van der Waals surface area contributed by atoms with Crippen molar-refractivity contribution >= 4 is 21.4 Å². The second kappa shape index (κ2) is 4.83. The molecule has 2 atom stereocenters. The standard InChI is InChI=1S/C17H14FNOS/c18-10-5-6-15-12(7-10)14(19)8-16(20-15)13-9-21-17-4-2-1-3-11(13)17/h1-7,9,14,16H,8,19H2/t14-,16?/m0/s1. The third kappa shape index (κ3) is 2.11. The Bertz CT molecular complexity index is 813. The highest BCUT2D eigenvalue weighted by atomic mass is 32.1. The lowest BCUT2D eigenvalue weighted by Gasteiger charge is -2.30. The van der Waals surface area contributed by atoms with E-state index in [0.29, 0.717) is 12.2 Å². The van der Waals surface area contributed by atoms with Crippen molar-refractivity contribution in [3.63, 3.8) is 0 Å². The van der Waals surface area contributed by atoms with Gasteiger partial charge in [-0.3, -0.25) is 0 Å². The number of thiophene rings is 1. The van der Waals surface area contributed by atoms with Gasteiger partial charge in [0.2, 0.25) is 0 Å². The first-order valence-electron chi connectivity index (χ1n) is 6.90. The van der Waals surface area contributed by atoms with Gasteiger partial charge in [0.05, 0.1) is 0 Å². The minimum absolute atomic E-state index is 0.0749. The summed E-state index contributed by atoms with van der Waals surface area (Å²) in [6.45, 7) is 0. The van der Waals surface area contributed by atoms with E-state index >= 15 is 0 Å². The minimum Gasteiger partial charge on any atom is -0.485 e. The number of hydrogen-bond acceptors (Lipinski definition) is 3. The fraction of sp³-hybridized carbons (Fsp3) is 0.176. The molecule has 1 aliphatic heterocycles. The summed E-state index contributed by atoms with van der Waals surface area (Å²) in [5, 5.41) is 3.35. The van der Waals surface area contributed by atoms with Crippen molar-refractivity contribution < 1.29 is 9.13 Å². The van der Waals surface area contributed by atoms with Crippen LogP contribution in [0.25, 0.3) is 10.1 Å². The van der Waals surface area contributed by atoms with Crippen LogP contribution in [0.3, 0.4) is 0 Å². The van der Waals surface area contributed by atoms with E-state index in [1.54, 1.807) is 17.4 Å². The molecule has 2 nitrogen and oxygen atoms in total. The third-order valence-electron chi connectivity index (χ3n) is 3.97. The Labute approximate surface area is 126 Å². The largest absolute Gasteiger partial charge is 0.485 e. The predicted octanol–water partition coefficient (Wildman–Crippen LogP) is 4.56. The fourth-order valence-corrected chi connectivity index (χ4v) is 3.92. The molecule has 2 heterocycles. The van der Waals surface area contributed by atoms with Crippen LogP contribution in [0.15, 0.2) is 47.8 Å². The van der Waals surface area contributed by atoms with E-state index in [0.717, 1.165) is 5.56 Å². The maximum atomic E-state index is 13.3. The van der Waals surface area contributed by atoms with E-state index in [4.69, 9.17) is 10.5 Å². The maximum absolute atomic E-state index is 13.3. The maximum Gasteiger partial charge on any atom is 0.127 e. The van der Waals surface area contributed by atoms with Gasteiger partial charge in [-0.25, -0.2) is 4.39 Å². The van der Waals surface area contributed by atoms with E-state index in [-0.39, 0.29) is 18.0 Å². The molecular weight excluding hydrogens is 285 g/mol. The molecule has 1 aromatic heterocycles. The summed E-state index contributed by atoms with van der Waals surface area (Å²) >= 11 is 1.71. The van der Waals surface area contributed by atoms with Crippen LogP contribution >= 0.6 is 11.3 Å². The fourth-order valence-electron chi connectivity index (χ4n) is 2.91. The molecule has 0 bridgehead atoms. The zero-order chi connectivity index (χ0) is 14.4. The summed E-state index contributed by atoms with van der Waals surface area (Å²) in [5.41, 5.74) is 8.14. The summed E-state index contributed by atoms with van der Waals surface area (Å²) in [7, 11) is 0. The molecule has 0 saturated heterocycles. The number of fused-ring (bicyclic) bond motifs is 2. The van der Waals surface area contributed by atoms with Gasteiger partial charge in [-0.05, 0) is 35.0 Å². The lowest BCUT2D eigenvalue weighted by molar-refractivity contribution is 0.163. The van der Waals surface area contributed by atoms with Gasteiger partial charge in [-0.15, -0.1) is 11.3 Å². The molecule has 0 spiro atoms. The lowest BCUT2D eigenvalue weighted by Crippen LogP contribution is -2.24. The van der Waals surface area contributed by atoms with Gasteiger partial charge in [-0.2, -0.15) is 0 Å². The predicted molar refractivity (Wildman–Crippen MR) is 83.1 cm³/mol. The van der Waals surface area contributed by atoms with Crippen LogP contribution < -0.4 is 10.5 Å². The summed E-state index contributed by atoms with van der Waals surface area (Å²) in [4.78, 5) is 0. The average molecular weight is 299 g/mol. The third-order valence-corrected chi connectivity index (χ3v) is 4.95. The molecule has 106 valence electrons. The second-order valence-corrected chi connectivity index (χ2v) is 6.23. The Morgan fingerprint density at radius 1 is 1.14 bits per heavy atom. The molecule has 21 heavy (non-hydrogen) atoms. The zero-order valence-corrected chi connectivity index (χ0v) is 12.1. The van der Waals surface area contributed by atoms with Crippen LogP contribution in [0.2, 0.25) is 0 Å². The van der Waals surface area contributed by atoms with Gasteiger partial charge in [-0.1, -0.05) is 18.2 Å². The molecule has 2 N–H and O–H groups in total. The first-order chi connectivity index (χ1) is 10.2. The highest BCUT2D eigenvalue weighted by Gasteiger charge is 2.28. The normalized spacial score (nSPS) is 21.0. The monoisotopic (exact) mass is 299 g/mol. The van der Waals surface area contributed by atoms with Crippen LogP contribution in [0, 0.1) is 5.82 Å². The highest BCUT2D eigenvalue weighted by molar-refractivity contribution is 7.17. The lowest BCUT2D eigenvalue weighted by atomic mass is 9.93. The van der Waals surface area contributed by atoms with Gasteiger partial charge >= 0.3 is 0 Å². The number of halogens is 1. The van der Waals surface area contributed by atoms with Crippen molar-refractivity contribution in [3.05, 3.63) is 64.8 Å². The molecule has 0 amide bonds. The van der Waals surface area contributed by atoms with E-state index in [9.17, 15) is 4.39 Å². The summed E-state index contributed by atoms with van der Waals surface area (Å²) in [6.07, 6.45) is 0.589. The molecule has 0 saturated carbocycles. The van der Waals surface area contributed by atoms with E-state index in [1.165, 1.54) is 27.8 Å². The molecule has 0 aliphatic carbocycles. The Morgan fingerprint density at radius 3 is 2.90 bits per heavy atom. The summed E-state index contributed by atoms with van der Waals surface area (Å²) in [5.74, 6) is 0.419. The second-order valence-electron chi connectivity index (χ2n) is 5.32. The van der Waals surface area contributed by atoms with Crippen LogP contribution in [-0.2, 0) is 0 Å². The van der Waals surface area contributed by atoms with Crippen molar-refractivity contribution in [2.75, 3.05) is 0 Å². The SMILES string of the molecule is N[C@H]1CC(c2csc3ccccc23)Oc2ccc(F)cc21. The van der Waals surface area contributed by atoms with Crippen molar-refractivity contribution in [1.29, 1.82) is 0 Å². The van der Waals surface area contributed by atoms with Crippen molar-refractivity contribution in [2.24, 2.45) is 5.73 Å². The van der Waals surface area contributed by atoms with E-state index in [2.05, 4.69) is 17.5 Å². The molecule has 4 rings (SSSR count). The highest BCUT2D eigenvalue weighted by Crippen LogP contribution is 2.42. The molecule has 3 aromatic rings. The molecule has 0 fully saturated rings. The van der Waals surface area contributed by atoms with E-state index < -0.39 is 0 Å². The molecule has 1 unspecified atom stereocenters. The van der Waals surface area contributed by atoms with E-state index in [1.807, 2.05) is 12.1 Å². The van der Waals surface area contributed by atoms with Crippen LogP contribution in [0.1, 0.15) is 29.7 Å².